The Kier molecular flexibility index (Phi) is 9.59. The van der Waals surface area contributed by atoms with Gasteiger partial charge in [-0.1, -0.05) is 0 Å². The summed E-state index contributed by atoms with van der Waals surface area (Å²) in [5.74, 6) is 3.01. The van der Waals surface area contributed by atoms with Crippen molar-refractivity contribution in [2.45, 2.75) is 57.2 Å². The summed E-state index contributed by atoms with van der Waals surface area (Å²) in [4.78, 5) is 6.99. The van der Waals surface area contributed by atoms with E-state index in [0.29, 0.717) is 10.8 Å². The number of nitrogens with one attached hydrogen (secondary N) is 2. The van der Waals surface area contributed by atoms with E-state index in [1.54, 1.807) is 0 Å². The Hall–Kier alpha value is 0.310. The molecule has 0 radical (unpaired) electrons. The first-order valence-corrected chi connectivity index (χ1v) is 9.83. The van der Waals surface area contributed by atoms with Gasteiger partial charge in [-0.3, -0.25) is 4.99 Å². The lowest BCUT2D eigenvalue weighted by atomic mass is 9.97. The molecule has 2 aliphatic heterocycles. The van der Waals surface area contributed by atoms with Crippen LogP contribution in [0.1, 0.15) is 46.5 Å². The molecular weight excluding hydrogens is 419 g/mol. The predicted molar refractivity (Wildman–Crippen MR) is 114 cm³/mol. The fourth-order valence-corrected chi connectivity index (χ4v) is 4.69. The van der Waals surface area contributed by atoms with E-state index < -0.39 is 0 Å². The van der Waals surface area contributed by atoms with E-state index in [1.165, 1.54) is 44.5 Å². The Morgan fingerprint density at radius 1 is 1.35 bits per heavy atom. The molecule has 2 unspecified atom stereocenters. The van der Waals surface area contributed by atoms with Gasteiger partial charge in [-0.2, -0.15) is 11.8 Å². The van der Waals surface area contributed by atoms with Crippen LogP contribution in [0.4, 0.5) is 0 Å². The largest absolute Gasteiger partial charge is 0.356 e. The first-order valence-electron chi connectivity index (χ1n) is 8.85. The van der Waals surface area contributed by atoms with Crippen molar-refractivity contribution < 1.29 is 0 Å². The molecule has 2 heterocycles. The molecule has 136 valence electrons. The highest BCUT2D eigenvalue weighted by Crippen LogP contribution is 2.36. The molecule has 0 saturated carbocycles. The number of rotatable bonds is 5. The Morgan fingerprint density at radius 2 is 2.13 bits per heavy atom. The van der Waals surface area contributed by atoms with E-state index >= 15 is 0 Å². The van der Waals surface area contributed by atoms with Crippen molar-refractivity contribution in [1.29, 1.82) is 0 Å². The Balaban J connectivity index is 0.00000264. The van der Waals surface area contributed by atoms with Gasteiger partial charge in [-0.05, 0) is 64.7 Å². The van der Waals surface area contributed by atoms with Crippen LogP contribution in [-0.4, -0.2) is 60.6 Å². The first-order chi connectivity index (χ1) is 10.5. The highest BCUT2D eigenvalue weighted by Gasteiger charge is 2.29. The van der Waals surface area contributed by atoms with Crippen LogP contribution in [0.3, 0.4) is 0 Å². The quantitative estimate of drug-likeness (QED) is 0.380. The van der Waals surface area contributed by atoms with Crippen LogP contribution in [-0.2, 0) is 0 Å². The molecule has 2 atom stereocenters. The average Bonchev–Trinajstić information content (AvgIpc) is 2.95. The highest BCUT2D eigenvalue weighted by molar-refractivity contribution is 14.0. The first kappa shape index (κ1) is 21.4. The number of likely N-dealkylation sites (tertiary alicyclic amines) is 1. The van der Waals surface area contributed by atoms with Crippen molar-refractivity contribution in [2.75, 3.05) is 39.0 Å². The summed E-state index contributed by atoms with van der Waals surface area (Å²) in [6.45, 7) is 11.5. The van der Waals surface area contributed by atoms with Crippen molar-refractivity contribution in [2.24, 2.45) is 10.9 Å². The molecule has 0 aromatic carbocycles. The summed E-state index contributed by atoms with van der Waals surface area (Å²) in [5.41, 5.74) is 0. The molecule has 4 nitrogen and oxygen atoms in total. The number of hydrogen-bond donors (Lipinski definition) is 2. The van der Waals surface area contributed by atoms with Crippen molar-refractivity contribution in [1.82, 2.24) is 15.5 Å². The van der Waals surface area contributed by atoms with Crippen molar-refractivity contribution in [3.05, 3.63) is 0 Å². The van der Waals surface area contributed by atoms with Crippen molar-refractivity contribution in [3.63, 3.8) is 0 Å². The fraction of sp³-hybridized carbons (Fsp3) is 0.941. The second-order valence-electron chi connectivity index (χ2n) is 7.31. The molecule has 0 bridgehead atoms. The van der Waals surface area contributed by atoms with Crippen LogP contribution >= 0.6 is 35.7 Å². The zero-order valence-corrected chi connectivity index (χ0v) is 18.4. The molecule has 2 N–H and O–H groups in total. The predicted octanol–water partition coefficient (Wildman–Crippen LogP) is 3.18. The molecule has 0 aliphatic carbocycles. The summed E-state index contributed by atoms with van der Waals surface area (Å²) in [7, 11) is 1.88. The Labute approximate surface area is 164 Å². The zero-order chi connectivity index (χ0) is 16.0. The maximum absolute atomic E-state index is 4.39. The topological polar surface area (TPSA) is 39.7 Å². The molecule has 2 fully saturated rings. The number of aliphatic imine (C=N–C) groups is 1. The number of nitrogens with zero attached hydrogens (tertiary/aromatic N) is 2. The second-order valence-corrected chi connectivity index (χ2v) is 8.99. The minimum Gasteiger partial charge on any atom is -0.356 e. The number of hydrogen-bond acceptors (Lipinski definition) is 3. The summed E-state index contributed by atoms with van der Waals surface area (Å²) < 4.78 is 0.386. The van der Waals surface area contributed by atoms with Crippen molar-refractivity contribution in [3.8, 4) is 0 Å². The molecule has 23 heavy (non-hydrogen) atoms. The smallest absolute Gasteiger partial charge is 0.191 e. The molecule has 0 amide bonds. The highest BCUT2D eigenvalue weighted by atomic mass is 127. The fourth-order valence-electron chi connectivity index (χ4n) is 3.44. The molecule has 2 aliphatic rings. The van der Waals surface area contributed by atoms with E-state index in [0.717, 1.165) is 25.0 Å². The van der Waals surface area contributed by atoms with E-state index in [-0.39, 0.29) is 24.0 Å². The molecule has 6 heteroatoms. The molecule has 2 saturated heterocycles. The second kappa shape index (κ2) is 10.3. The SMILES string of the molecule is CN=C(NCC1CCCN(C(C)C)C1)NCC1(C)CCCS1.I. The van der Waals surface area contributed by atoms with Gasteiger partial charge in [0.05, 0.1) is 0 Å². The van der Waals surface area contributed by atoms with E-state index in [2.05, 4.69) is 53.1 Å². The van der Waals surface area contributed by atoms with E-state index in [1.807, 2.05) is 7.05 Å². The van der Waals surface area contributed by atoms with Gasteiger partial charge in [0.15, 0.2) is 5.96 Å². The Morgan fingerprint density at radius 3 is 2.74 bits per heavy atom. The van der Waals surface area contributed by atoms with Gasteiger partial charge in [0.25, 0.3) is 0 Å². The van der Waals surface area contributed by atoms with Crippen LogP contribution in [0.2, 0.25) is 0 Å². The van der Waals surface area contributed by atoms with Crippen LogP contribution in [0, 0.1) is 5.92 Å². The van der Waals surface area contributed by atoms with Gasteiger partial charge in [-0.15, -0.1) is 24.0 Å². The molecule has 0 aromatic heterocycles. The van der Waals surface area contributed by atoms with Crippen LogP contribution in [0.5, 0.6) is 0 Å². The minimum absolute atomic E-state index is 0. The summed E-state index contributed by atoms with van der Waals surface area (Å²) in [6.07, 6.45) is 5.32. The van der Waals surface area contributed by atoms with Crippen molar-refractivity contribution >= 4 is 41.7 Å². The molecule has 2 rings (SSSR count). The van der Waals surface area contributed by atoms with Gasteiger partial charge >= 0.3 is 0 Å². The summed E-state index contributed by atoms with van der Waals surface area (Å²) in [5, 5.41) is 7.07. The van der Waals surface area contributed by atoms with Crippen LogP contribution in [0.15, 0.2) is 4.99 Å². The zero-order valence-electron chi connectivity index (χ0n) is 15.2. The lowest BCUT2D eigenvalue weighted by molar-refractivity contribution is 0.141. The van der Waals surface area contributed by atoms with Crippen LogP contribution < -0.4 is 10.6 Å². The number of halogens is 1. The maximum atomic E-state index is 4.39. The lowest BCUT2D eigenvalue weighted by Crippen LogP contribution is -2.48. The van der Waals surface area contributed by atoms with Gasteiger partial charge in [0.2, 0.25) is 0 Å². The number of thioether (sulfide) groups is 1. The van der Waals surface area contributed by atoms with E-state index in [9.17, 15) is 0 Å². The Bertz CT molecular complexity index is 370. The summed E-state index contributed by atoms with van der Waals surface area (Å²) in [6, 6.07) is 0.666. The third kappa shape index (κ3) is 6.98. The molecular formula is C17H35IN4S. The maximum Gasteiger partial charge on any atom is 0.191 e. The molecule has 0 spiro atoms. The number of guanidine groups is 1. The summed E-state index contributed by atoms with van der Waals surface area (Å²) >= 11 is 2.09. The standard InChI is InChI=1S/C17H34N4S.HI/c1-14(2)21-9-5-7-15(12-21)11-19-16(18-4)20-13-17(3)8-6-10-22-17;/h14-15H,5-13H2,1-4H3,(H2,18,19,20);1H. The van der Waals surface area contributed by atoms with Gasteiger partial charge in [0.1, 0.15) is 0 Å². The minimum atomic E-state index is 0. The van der Waals surface area contributed by atoms with E-state index in [4.69, 9.17) is 0 Å². The van der Waals surface area contributed by atoms with Crippen LogP contribution in [0.25, 0.3) is 0 Å². The van der Waals surface area contributed by atoms with Gasteiger partial charge < -0.3 is 15.5 Å². The third-order valence-corrected chi connectivity index (χ3v) is 6.53. The number of piperidine rings is 1. The molecule has 0 aromatic rings. The third-order valence-electron chi connectivity index (χ3n) is 4.99. The lowest BCUT2D eigenvalue weighted by Gasteiger charge is -2.35. The average molecular weight is 454 g/mol. The van der Waals surface area contributed by atoms with Gasteiger partial charge in [0, 0.05) is 37.5 Å². The van der Waals surface area contributed by atoms with Gasteiger partial charge in [-0.25, -0.2) is 0 Å². The monoisotopic (exact) mass is 454 g/mol. The normalized spacial score (nSPS) is 29.4.